The van der Waals surface area contributed by atoms with Gasteiger partial charge in [0.25, 0.3) is 10.0 Å². The maximum absolute atomic E-state index is 12.2. The Hall–Kier alpha value is -0.750. The molecule has 0 atom stereocenters. The minimum absolute atomic E-state index is 0.213. The minimum Gasteiger partial charge on any atom is -0.279 e. The first-order valence-electron chi connectivity index (χ1n) is 5.86. The average Bonchev–Trinajstić information content (AvgIpc) is 2.73. The monoisotopic (exact) mass is 349 g/mol. The van der Waals surface area contributed by atoms with Crippen LogP contribution in [0.4, 0.5) is 5.69 Å². The van der Waals surface area contributed by atoms with Crippen LogP contribution in [0.15, 0.2) is 34.5 Å². The zero-order chi connectivity index (χ0) is 14.8. The molecule has 1 N–H and O–H groups in total. The summed E-state index contributed by atoms with van der Waals surface area (Å²) in [6.07, 6.45) is 0.758. The van der Waals surface area contributed by atoms with Gasteiger partial charge in [-0.2, -0.15) is 0 Å². The van der Waals surface area contributed by atoms with Crippen LogP contribution >= 0.6 is 34.5 Å². The summed E-state index contributed by atoms with van der Waals surface area (Å²) in [4.78, 5) is 0. The van der Waals surface area contributed by atoms with Crippen LogP contribution in [0.5, 0.6) is 0 Å². The number of rotatable bonds is 5. The Labute approximate surface area is 132 Å². The van der Waals surface area contributed by atoms with Gasteiger partial charge in [0.05, 0.1) is 4.34 Å². The Bertz CT molecular complexity index is 674. The summed E-state index contributed by atoms with van der Waals surface area (Å²) in [5, 5.41) is 0. The summed E-state index contributed by atoms with van der Waals surface area (Å²) in [6.45, 7) is 1.78. The molecule has 2 aromatic rings. The number of thiophene rings is 1. The van der Waals surface area contributed by atoms with Crippen molar-refractivity contribution in [3.05, 3.63) is 45.8 Å². The molecule has 1 aromatic carbocycles. The van der Waals surface area contributed by atoms with E-state index in [1.54, 1.807) is 25.1 Å². The van der Waals surface area contributed by atoms with Crippen LogP contribution in [0, 0.1) is 6.92 Å². The van der Waals surface area contributed by atoms with Gasteiger partial charge in [0.2, 0.25) is 0 Å². The number of anilines is 1. The van der Waals surface area contributed by atoms with Crippen LogP contribution in [-0.2, 0) is 16.4 Å². The Morgan fingerprint density at radius 2 is 1.90 bits per heavy atom. The normalized spacial score (nSPS) is 11.6. The Morgan fingerprint density at radius 3 is 2.40 bits per heavy atom. The molecule has 0 fully saturated rings. The van der Waals surface area contributed by atoms with Gasteiger partial charge in [-0.25, -0.2) is 8.42 Å². The second-order valence-electron chi connectivity index (χ2n) is 4.26. The summed E-state index contributed by atoms with van der Waals surface area (Å²) < 4.78 is 27.6. The number of alkyl halides is 1. The molecule has 0 aliphatic heterocycles. The van der Waals surface area contributed by atoms with Gasteiger partial charge in [-0.1, -0.05) is 23.7 Å². The number of halogens is 2. The highest BCUT2D eigenvalue weighted by atomic mass is 35.5. The third-order valence-corrected chi connectivity index (χ3v) is 6.29. The van der Waals surface area contributed by atoms with E-state index in [2.05, 4.69) is 4.72 Å². The molecule has 0 bridgehead atoms. The number of hydrogen-bond donors (Lipinski definition) is 1. The second kappa shape index (κ2) is 6.35. The topological polar surface area (TPSA) is 46.2 Å². The van der Waals surface area contributed by atoms with Crippen LogP contribution in [0.25, 0.3) is 0 Å². The van der Waals surface area contributed by atoms with E-state index in [1.807, 2.05) is 12.1 Å². The fraction of sp³-hybridized carbons (Fsp3) is 0.231. The molecule has 0 amide bonds. The fourth-order valence-corrected chi connectivity index (χ4v) is 4.60. The lowest BCUT2D eigenvalue weighted by atomic mass is 10.2. The van der Waals surface area contributed by atoms with E-state index in [1.165, 1.54) is 0 Å². The van der Waals surface area contributed by atoms with Gasteiger partial charge in [0.15, 0.2) is 0 Å². The van der Waals surface area contributed by atoms with E-state index in [0.717, 1.165) is 28.9 Å². The van der Waals surface area contributed by atoms with E-state index in [0.29, 0.717) is 15.9 Å². The van der Waals surface area contributed by atoms with Crippen molar-refractivity contribution in [2.24, 2.45) is 0 Å². The first-order valence-corrected chi connectivity index (χ1v) is 9.07. The van der Waals surface area contributed by atoms with Crippen molar-refractivity contribution in [3.8, 4) is 0 Å². The Kier molecular flexibility index (Phi) is 4.96. The summed E-state index contributed by atoms with van der Waals surface area (Å²) in [6, 6.07) is 8.72. The zero-order valence-corrected chi connectivity index (χ0v) is 13.8. The highest BCUT2D eigenvalue weighted by Crippen LogP contribution is 2.31. The number of benzene rings is 1. The molecule has 0 spiro atoms. The molecule has 0 aliphatic carbocycles. The molecule has 0 aliphatic rings. The molecule has 20 heavy (non-hydrogen) atoms. The van der Waals surface area contributed by atoms with E-state index in [4.69, 9.17) is 23.2 Å². The minimum atomic E-state index is -3.58. The summed E-state index contributed by atoms with van der Waals surface area (Å²) in [5.74, 6) is 0.540. The SMILES string of the molecule is Cc1cc(S(=O)(=O)Nc2ccc(CCCl)cc2)sc1Cl. The largest absolute Gasteiger partial charge is 0.279 e. The summed E-state index contributed by atoms with van der Waals surface area (Å²) in [7, 11) is -3.58. The molecule has 1 aromatic heterocycles. The van der Waals surface area contributed by atoms with E-state index in [9.17, 15) is 8.42 Å². The third-order valence-electron chi connectivity index (χ3n) is 2.69. The van der Waals surface area contributed by atoms with Crippen molar-refractivity contribution in [1.82, 2.24) is 0 Å². The smallest absolute Gasteiger partial charge is 0.271 e. The molecule has 0 saturated heterocycles. The predicted octanol–water partition coefficient (Wildman–Crippen LogP) is 4.29. The van der Waals surface area contributed by atoms with E-state index >= 15 is 0 Å². The van der Waals surface area contributed by atoms with Crippen molar-refractivity contribution in [3.63, 3.8) is 0 Å². The highest BCUT2D eigenvalue weighted by molar-refractivity contribution is 7.94. The number of aryl methyl sites for hydroxylation is 2. The Balaban J connectivity index is 2.19. The molecular formula is C13H13Cl2NO2S2. The quantitative estimate of drug-likeness (QED) is 0.818. The van der Waals surface area contributed by atoms with Crippen molar-refractivity contribution in [1.29, 1.82) is 0 Å². The van der Waals surface area contributed by atoms with Crippen molar-refractivity contribution >= 4 is 50.2 Å². The van der Waals surface area contributed by atoms with Gasteiger partial charge in [-0.05, 0) is 42.7 Å². The van der Waals surface area contributed by atoms with Gasteiger partial charge in [0, 0.05) is 11.6 Å². The maximum atomic E-state index is 12.2. The highest BCUT2D eigenvalue weighted by Gasteiger charge is 2.18. The lowest BCUT2D eigenvalue weighted by molar-refractivity contribution is 0.603. The first-order chi connectivity index (χ1) is 9.42. The molecule has 2 rings (SSSR count). The van der Waals surface area contributed by atoms with Crippen LogP contribution in [0.3, 0.4) is 0 Å². The molecule has 7 heteroatoms. The standard InChI is InChI=1S/C13H13Cl2NO2S2/c1-9-8-12(19-13(9)15)20(17,18)16-11-4-2-10(3-5-11)6-7-14/h2-5,8,16H,6-7H2,1H3. The third kappa shape index (κ3) is 3.67. The van der Waals surface area contributed by atoms with Gasteiger partial charge >= 0.3 is 0 Å². The van der Waals surface area contributed by atoms with E-state index in [-0.39, 0.29) is 4.21 Å². The van der Waals surface area contributed by atoms with Crippen molar-refractivity contribution < 1.29 is 8.42 Å². The molecule has 0 unspecified atom stereocenters. The summed E-state index contributed by atoms with van der Waals surface area (Å²) in [5.41, 5.74) is 2.35. The molecule has 3 nitrogen and oxygen atoms in total. The van der Waals surface area contributed by atoms with Crippen LogP contribution in [0.2, 0.25) is 4.34 Å². The molecule has 0 radical (unpaired) electrons. The predicted molar refractivity (Wildman–Crippen MR) is 85.7 cm³/mol. The zero-order valence-electron chi connectivity index (χ0n) is 10.7. The second-order valence-corrected chi connectivity index (χ2v) is 8.21. The Morgan fingerprint density at radius 1 is 1.25 bits per heavy atom. The number of sulfonamides is 1. The molecule has 1 heterocycles. The van der Waals surface area contributed by atoms with Gasteiger partial charge in [0.1, 0.15) is 4.21 Å². The van der Waals surface area contributed by atoms with Crippen LogP contribution < -0.4 is 4.72 Å². The fourth-order valence-electron chi connectivity index (χ4n) is 1.62. The molecule has 108 valence electrons. The van der Waals surface area contributed by atoms with Gasteiger partial charge in [-0.3, -0.25) is 4.72 Å². The number of hydrogen-bond acceptors (Lipinski definition) is 3. The lowest BCUT2D eigenvalue weighted by Gasteiger charge is -2.07. The van der Waals surface area contributed by atoms with Crippen LogP contribution in [-0.4, -0.2) is 14.3 Å². The van der Waals surface area contributed by atoms with Gasteiger partial charge < -0.3 is 0 Å². The molecular weight excluding hydrogens is 337 g/mol. The number of nitrogens with one attached hydrogen (secondary N) is 1. The van der Waals surface area contributed by atoms with Gasteiger partial charge in [-0.15, -0.1) is 22.9 Å². The maximum Gasteiger partial charge on any atom is 0.271 e. The lowest BCUT2D eigenvalue weighted by Crippen LogP contribution is -2.11. The molecule has 0 saturated carbocycles. The van der Waals surface area contributed by atoms with Crippen molar-refractivity contribution in [2.75, 3.05) is 10.6 Å². The van der Waals surface area contributed by atoms with Crippen LogP contribution in [0.1, 0.15) is 11.1 Å². The first kappa shape index (κ1) is 15.6. The average molecular weight is 350 g/mol. The summed E-state index contributed by atoms with van der Waals surface area (Å²) >= 11 is 12.6. The van der Waals surface area contributed by atoms with Crippen molar-refractivity contribution in [2.45, 2.75) is 17.6 Å². The van der Waals surface area contributed by atoms with E-state index < -0.39 is 10.0 Å².